The lowest BCUT2D eigenvalue weighted by atomic mass is 10.1. The van der Waals surface area contributed by atoms with Crippen molar-refractivity contribution in [2.45, 2.75) is 39.4 Å². The molecule has 0 spiro atoms. The number of hydrogen-bond donors (Lipinski definition) is 1. The molecule has 2 aromatic rings. The van der Waals surface area contributed by atoms with Crippen LogP contribution in [0.4, 0.5) is 8.78 Å². The zero-order valence-electron chi connectivity index (χ0n) is 18.7. The Morgan fingerprint density at radius 2 is 1.79 bits per heavy atom. The van der Waals surface area contributed by atoms with Gasteiger partial charge in [-0.3, -0.25) is 24.1 Å². The number of pyridine rings is 1. The largest absolute Gasteiger partial charge is 0.491 e. The standard InChI is InChI=1S/C23H24F2N4O4/c1-12-7-17(24)15(18(25)8-12)9-26-22(31)16-10-28-19(21(33-4)20(16)30)23(32)27-11-29(28)14(3)6-5-13(27)2/h5-8,10,13-14H,9,11H2,1-4H3,(H,26,31)/t13-,14+/m0/s1. The van der Waals surface area contributed by atoms with Crippen molar-refractivity contribution < 1.29 is 23.1 Å². The number of amides is 2. The molecule has 2 amide bonds. The van der Waals surface area contributed by atoms with E-state index in [9.17, 15) is 23.2 Å². The molecule has 0 radical (unpaired) electrons. The molecule has 10 heteroatoms. The van der Waals surface area contributed by atoms with Gasteiger partial charge in [0.15, 0.2) is 11.4 Å². The Kier molecular flexibility index (Phi) is 5.69. The first-order chi connectivity index (χ1) is 15.6. The third-order valence-electron chi connectivity index (χ3n) is 5.97. The summed E-state index contributed by atoms with van der Waals surface area (Å²) in [6.45, 7) is 5.13. The van der Waals surface area contributed by atoms with Gasteiger partial charge in [0.1, 0.15) is 23.9 Å². The number of nitrogens with one attached hydrogen (secondary N) is 1. The topological polar surface area (TPSA) is 83.9 Å². The van der Waals surface area contributed by atoms with Crippen molar-refractivity contribution in [1.29, 1.82) is 0 Å². The SMILES string of the molecule is COc1c2n(cc(C(=O)NCc3c(F)cc(C)cc3F)c1=O)N1CN(C2=O)[C@@H](C)C=C[C@H]1C. The predicted octanol–water partition coefficient (Wildman–Crippen LogP) is 2.07. The lowest BCUT2D eigenvalue weighted by Crippen LogP contribution is -2.57. The molecular formula is C23H24F2N4O4. The summed E-state index contributed by atoms with van der Waals surface area (Å²) in [4.78, 5) is 40.7. The van der Waals surface area contributed by atoms with Gasteiger partial charge in [0, 0.05) is 24.3 Å². The van der Waals surface area contributed by atoms with Crippen LogP contribution in [0.5, 0.6) is 5.75 Å². The number of ether oxygens (including phenoxy) is 1. The Morgan fingerprint density at radius 3 is 2.42 bits per heavy atom. The van der Waals surface area contributed by atoms with Gasteiger partial charge in [-0.1, -0.05) is 12.2 Å². The molecule has 8 nitrogen and oxygen atoms in total. The molecule has 1 aromatic carbocycles. The number of aromatic nitrogens is 1. The van der Waals surface area contributed by atoms with Gasteiger partial charge in [0.25, 0.3) is 11.8 Å². The average molecular weight is 458 g/mol. The quantitative estimate of drug-likeness (QED) is 0.710. The maximum absolute atomic E-state index is 14.2. The third kappa shape index (κ3) is 3.75. The molecular weight excluding hydrogens is 434 g/mol. The lowest BCUT2D eigenvalue weighted by molar-refractivity contribution is 0.0652. The van der Waals surface area contributed by atoms with Crippen LogP contribution in [0.1, 0.15) is 45.8 Å². The van der Waals surface area contributed by atoms with Gasteiger partial charge in [-0.05, 0) is 38.5 Å². The van der Waals surface area contributed by atoms with Crippen molar-refractivity contribution in [2.24, 2.45) is 0 Å². The summed E-state index contributed by atoms with van der Waals surface area (Å²) in [6.07, 6.45) is 5.10. The highest BCUT2D eigenvalue weighted by Gasteiger charge is 2.38. The number of fused-ring (bicyclic) bond motifs is 4. The van der Waals surface area contributed by atoms with E-state index in [1.54, 1.807) is 11.8 Å². The van der Waals surface area contributed by atoms with Gasteiger partial charge in [-0.15, -0.1) is 0 Å². The Hall–Kier alpha value is -3.69. The molecule has 2 atom stereocenters. The maximum Gasteiger partial charge on any atom is 0.278 e. The minimum atomic E-state index is -0.839. The van der Waals surface area contributed by atoms with E-state index in [1.807, 2.05) is 31.0 Å². The van der Waals surface area contributed by atoms with E-state index >= 15 is 0 Å². The van der Waals surface area contributed by atoms with Crippen molar-refractivity contribution in [3.05, 3.63) is 74.7 Å². The lowest BCUT2D eigenvalue weighted by Gasteiger charge is -2.42. The zero-order chi connectivity index (χ0) is 24.0. The van der Waals surface area contributed by atoms with Gasteiger partial charge in [0.2, 0.25) is 5.43 Å². The fourth-order valence-corrected chi connectivity index (χ4v) is 4.08. The number of halogens is 2. The summed E-state index contributed by atoms with van der Waals surface area (Å²) in [6, 6.07) is 1.98. The molecule has 4 rings (SSSR count). The Morgan fingerprint density at radius 1 is 1.15 bits per heavy atom. The summed E-state index contributed by atoms with van der Waals surface area (Å²) in [7, 11) is 1.25. The number of hydrogen-bond acceptors (Lipinski definition) is 5. The van der Waals surface area contributed by atoms with Crippen LogP contribution in [0.15, 0.2) is 35.3 Å². The van der Waals surface area contributed by atoms with Crippen molar-refractivity contribution in [1.82, 2.24) is 14.9 Å². The summed E-state index contributed by atoms with van der Waals surface area (Å²) in [5, 5.41) is 4.21. The smallest absolute Gasteiger partial charge is 0.278 e. The van der Waals surface area contributed by atoms with E-state index in [-0.39, 0.29) is 41.3 Å². The number of carbonyl (C=O) groups is 2. The van der Waals surface area contributed by atoms with E-state index in [4.69, 9.17) is 4.74 Å². The summed E-state index contributed by atoms with van der Waals surface area (Å²) >= 11 is 0. The number of nitrogens with zero attached hydrogens (tertiary/aromatic N) is 3. The molecule has 1 N–H and O–H groups in total. The number of carbonyl (C=O) groups excluding carboxylic acids is 2. The first-order valence-electron chi connectivity index (χ1n) is 10.5. The molecule has 2 aliphatic heterocycles. The van der Waals surface area contributed by atoms with E-state index in [2.05, 4.69) is 5.32 Å². The monoisotopic (exact) mass is 458 g/mol. The van der Waals surface area contributed by atoms with Crippen molar-refractivity contribution in [3.8, 4) is 5.75 Å². The highest BCUT2D eigenvalue weighted by atomic mass is 19.1. The Bertz CT molecular complexity index is 1220. The van der Waals surface area contributed by atoms with Crippen LogP contribution in [0.25, 0.3) is 0 Å². The Labute approximate surface area is 189 Å². The van der Waals surface area contributed by atoms with Crippen molar-refractivity contribution in [3.63, 3.8) is 0 Å². The highest BCUT2D eigenvalue weighted by molar-refractivity contribution is 5.99. The van der Waals surface area contributed by atoms with E-state index in [0.29, 0.717) is 5.56 Å². The normalized spacial score (nSPS) is 19.3. The number of methoxy groups -OCH3 is 1. The second-order valence-corrected chi connectivity index (χ2v) is 8.21. The molecule has 0 saturated carbocycles. The van der Waals surface area contributed by atoms with Crippen molar-refractivity contribution >= 4 is 11.8 Å². The fraction of sp³-hybridized carbons (Fsp3) is 0.348. The van der Waals surface area contributed by atoms with Gasteiger partial charge < -0.3 is 15.0 Å². The van der Waals surface area contributed by atoms with Gasteiger partial charge in [-0.2, -0.15) is 0 Å². The summed E-state index contributed by atoms with van der Waals surface area (Å²) in [5.41, 5.74) is -0.980. The summed E-state index contributed by atoms with van der Waals surface area (Å²) in [5.74, 6) is -3.09. The number of aryl methyl sites for hydroxylation is 1. The number of benzene rings is 1. The first kappa shape index (κ1) is 22.5. The van der Waals surface area contributed by atoms with Crippen molar-refractivity contribution in [2.75, 3.05) is 18.8 Å². The second kappa shape index (κ2) is 8.34. The minimum Gasteiger partial charge on any atom is -0.491 e. The van der Waals surface area contributed by atoms with Crippen LogP contribution in [0.3, 0.4) is 0 Å². The fourth-order valence-electron chi connectivity index (χ4n) is 4.08. The van der Waals surface area contributed by atoms with E-state index < -0.39 is 35.4 Å². The van der Waals surface area contributed by atoms with Crippen LogP contribution in [-0.4, -0.2) is 47.3 Å². The third-order valence-corrected chi connectivity index (χ3v) is 5.97. The molecule has 0 aliphatic carbocycles. The second-order valence-electron chi connectivity index (χ2n) is 8.21. The first-order valence-corrected chi connectivity index (χ1v) is 10.5. The molecule has 174 valence electrons. The Balaban J connectivity index is 1.74. The van der Waals surface area contributed by atoms with Crippen LogP contribution in [0.2, 0.25) is 0 Å². The van der Waals surface area contributed by atoms with Crippen LogP contribution >= 0.6 is 0 Å². The van der Waals surface area contributed by atoms with E-state index in [0.717, 1.165) is 12.1 Å². The molecule has 0 unspecified atom stereocenters. The minimum absolute atomic E-state index is 0.0170. The van der Waals surface area contributed by atoms with Crippen LogP contribution < -0.4 is 20.5 Å². The van der Waals surface area contributed by atoms with Gasteiger partial charge in [0.05, 0.1) is 13.2 Å². The highest BCUT2D eigenvalue weighted by Crippen LogP contribution is 2.27. The summed E-state index contributed by atoms with van der Waals surface area (Å²) < 4.78 is 35.0. The molecule has 2 aliphatic rings. The maximum atomic E-state index is 14.2. The van der Waals surface area contributed by atoms with E-state index in [1.165, 1.54) is 18.0 Å². The molecule has 0 saturated heterocycles. The number of rotatable bonds is 4. The van der Waals surface area contributed by atoms with Gasteiger partial charge in [-0.25, -0.2) is 8.78 Å². The predicted molar refractivity (Wildman–Crippen MR) is 117 cm³/mol. The average Bonchev–Trinajstić information content (AvgIpc) is 2.88. The zero-order valence-corrected chi connectivity index (χ0v) is 18.7. The van der Waals surface area contributed by atoms with Crippen LogP contribution in [-0.2, 0) is 6.54 Å². The molecule has 33 heavy (non-hydrogen) atoms. The molecule has 0 fully saturated rings. The van der Waals surface area contributed by atoms with Crippen LogP contribution in [0, 0.1) is 18.6 Å². The molecule has 3 heterocycles. The molecule has 1 aromatic heterocycles. The molecule has 2 bridgehead atoms. The van der Waals surface area contributed by atoms with Gasteiger partial charge >= 0.3 is 0 Å².